The third-order valence-corrected chi connectivity index (χ3v) is 3.51. The normalized spacial score (nSPS) is 14.0. The molecule has 0 radical (unpaired) electrons. The smallest absolute Gasteiger partial charge is 0.123 e. The van der Waals surface area contributed by atoms with Crippen molar-refractivity contribution in [3.8, 4) is 0 Å². The van der Waals surface area contributed by atoms with Crippen molar-refractivity contribution in [3.05, 3.63) is 71.0 Å². The van der Waals surface area contributed by atoms with Gasteiger partial charge in [-0.3, -0.25) is 0 Å². The van der Waals surface area contributed by atoms with E-state index in [1.54, 1.807) is 12.1 Å². The van der Waals surface area contributed by atoms with Crippen LogP contribution in [0.4, 0.5) is 4.39 Å². The van der Waals surface area contributed by atoms with Crippen molar-refractivity contribution in [2.75, 3.05) is 6.54 Å². The molecular weight excluding hydrogens is 253 g/mol. The van der Waals surface area contributed by atoms with Gasteiger partial charge in [0.05, 0.1) is 6.10 Å². The lowest BCUT2D eigenvalue weighted by atomic mass is 10.0. The molecule has 20 heavy (non-hydrogen) atoms. The molecule has 3 heteroatoms. The van der Waals surface area contributed by atoms with Crippen LogP contribution in [0.15, 0.2) is 48.5 Å². The molecule has 2 rings (SSSR count). The zero-order valence-electron chi connectivity index (χ0n) is 11.8. The van der Waals surface area contributed by atoms with Gasteiger partial charge in [0.1, 0.15) is 5.82 Å². The van der Waals surface area contributed by atoms with E-state index in [4.69, 9.17) is 0 Å². The second-order valence-corrected chi connectivity index (χ2v) is 5.06. The molecule has 0 amide bonds. The molecule has 0 aliphatic heterocycles. The van der Waals surface area contributed by atoms with Crippen LogP contribution in [-0.4, -0.2) is 11.7 Å². The Kier molecular flexibility index (Phi) is 4.88. The molecule has 2 aromatic rings. The Morgan fingerprint density at radius 2 is 1.90 bits per heavy atom. The van der Waals surface area contributed by atoms with Crippen LogP contribution >= 0.6 is 0 Å². The van der Waals surface area contributed by atoms with Gasteiger partial charge in [0, 0.05) is 12.6 Å². The van der Waals surface area contributed by atoms with E-state index in [1.165, 1.54) is 23.3 Å². The molecule has 0 aromatic heterocycles. The minimum atomic E-state index is -0.711. The molecule has 0 aliphatic rings. The van der Waals surface area contributed by atoms with Gasteiger partial charge >= 0.3 is 0 Å². The van der Waals surface area contributed by atoms with Crippen LogP contribution in [0.2, 0.25) is 0 Å². The molecule has 0 spiro atoms. The first-order valence-corrected chi connectivity index (χ1v) is 6.80. The molecule has 0 heterocycles. The van der Waals surface area contributed by atoms with Crippen LogP contribution in [0, 0.1) is 12.7 Å². The average Bonchev–Trinajstić information content (AvgIpc) is 2.45. The van der Waals surface area contributed by atoms with E-state index in [9.17, 15) is 9.50 Å². The van der Waals surface area contributed by atoms with Gasteiger partial charge in [-0.05, 0) is 42.7 Å². The molecule has 2 N–H and O–H groups in total. The Hall–Kier alpha value is -1.71. The van der Waals surface area contributed by atoms with E-state index < -0.39 is 6.10 Å². The van der Waals surface area contributed by atoms with Gasteiger partial charge in [-0.2, -0.15) is 0 Å². The predicted octanol–water partition coefficient (Wildman–Crippen LogP) is 3.52. The molecule has 2 atom stereocenters. The highest BCUT2D eigenvalue weighted by atomic mass is 19.1. The van der Waals surface area contributed by atoms with Gasteiger partial charge in [-0.15, -0.1) is 0 Å². The molecular formula is C17H20FNO. The molecule has 0 bridgehead atoms. The van der Waals surface area contributed by atoms with Crippen LogP contribution in [0.25, 0.3) is 0 Å². The number of hydrogen-bond donors (Lipinski definition) is 2. The second kappa shape index (κ2) is 6.64. The number of rotatable bonds is 5. The van der Waals surface area contributed by atoms with Crippen LogP contribution in [0.3, 0.4) is 0 Å². The first-order chi connectivity index (χ1) is 9.58. The van der Waals surface area contributed by atoms with Crippen molar-refractivity contribution in [2.24, 2.45) is 0 Å². The predicted molar refractivity (Wildman–Crippen MR) is 79.0 cm³/mol. The lowest BCUT2D eigenvalue weighted by Crippen LogP contribution is -2.25. The molecule has 0 saturated heterocycles. The Balaban J connectivity index is 1.97. The average molecular weight is 273 g/mol. The fourth-order valence-electron chi connectivity index (χ4n) is 2.30. The SMILES string of the molecule is Cc1ccccc1C(C)NCC(O)c1cccc(F)c1. The zero-order valence-corrected chi connectivity index (χ0v) is 11.8. The van der Waals surface area contributed by atoms with Crippen molar-refractivity contribution in [2.45, 2.75) is 26.0 Å². The fraction of sp³-hybridized carbons (Fsp3) is 0.294. The van der Waals surface area contributed by atoms with E-state index in [1.807, 2.05) is 12.1 Å². The van der Waals surface area contributed by atoms with E-state index >= 15 is 0 Å². The summed E-state index contributed by atoms with van der Waals surface area (Å²) in [5.41, 5.74) is 3.01. The van der Waals surface area contributed by atoms with Gasteiger partial charge < -0.3 is 10.4 Å². The number of benzene rings is 2. The van der Waals surface area contributed by atoms with Gasteiger partial charge in [0.15, 0.2) is 0 Å². The summed E-state index contributed by atoms with van der Waals surface area (Å²) in [6.45, 7) is 4.51. The van der Waals surface area contributed by atoms with Crippen molar-refractivity contribution in [1.29, 1.82) is 0 Å². The summed E-state index contributed by atoms with van der Waals surface area (Å²) in [4.78, 5) is 0. The standard InChI is InChI=1S/C17H20FNO/c1-12-6-3-4-9-16(12)13(2)19-11-17(20)14-7-5-8-15(18)10-14/h3-10,13,17,19-20H,11H2,1-2H3. The molecule has 2 aromatic carbocycles. The molecule has 2 nitrogen and oxygen atoms in total. The molecule has 0 aliphatic carbocycles. The van der Waals surface area contributed by atoms with Gasteiger partial charge in [0.25, 0.3) is 0 Å². The van der Waals surface area contributed by atoms with Crippen LogP contribution < -0.4 is 5.32 Å². The Labute approximate surface area is 119 Å². The van der Waals surface area contributed by atoms with Crippen molar-refractivity contribution in [3.63, 3.8) is 0 Å². The van der Waals surface area contributed by atoms with Crippen LogP contribution in [-0.2, 0) is 0 Å². The van der Waals surface area contributed by atoms with Crippen LogP contribution in [0.1, 0.15) is 35.8 Å². The van der Waals surface area contributed by atoms with E-state index in [-0.39, 0.29) is 11.9 Å². The topological polar surface area (TPSA) is 32.3 Å². The summed E-state index contributed by atoms with van der Waals surface area (Å²) >= 11 is 0. The highest BCUT2D eigenvalue weighted by Crippen LogP contribution is 2.18. The Morgan fingerprint density at radius 1 is 1.15 bits per heavy atom. The molecule has 106 valence electrons. The molecule has 2 unspecified atom stereocenters. The maximum absolute atomic E-state index is 13.1. The Bertz CT molecular complexity index is 570. The summed E-state index contributed by atoms with van der Waals surface area (Å²) in [5, 5.41) is 13.4. The van der Waals surface area contributed by atoms with Gasteiger partial charge in [-0.25, -0.2) is 4.39 Å². The van der Waals surface area contributed by atoms with Gasteiger partial charge in [0.2, 0.25) is 0 Å². The minimum absolute atomic E-state index is 0.138. The Morgan fingerprint density at radius 3 is 2.60 bits per heavy atom. The van der Waals surface area contributed by atoms with E-state index in [2.05, 4.69) is 31.3 Å². The van der Waals surface area contributed by atoms with Crippen molar-refractivity contribution < 1.29 is 9.50 Å². The summed E-state index contributed by atoms with van der Waals surface area (Å²) < 4.78 is 13.1. The quantitative estimate of drug-likeness (QED) is 0.873. The van der Waals surface area contributed by atoms with Crippen molar-refractivity contribution >= 4 is 0 Å². The first-order valence-electron chi connectivity index (χ1n) is 6.80. The largest absolute Gasteiger partial charge is 0.387 e. The van der Waals surface area contributed by atoms with Crippen LogP contribution in [0.5, 0.6) is 0 Å². The first kappa shape index (κ1) is 14.7. The summed E-state index contributed by atoms with van der Waals surface area (Å²) in [6, 6.07) is 14.4. The number of halogens is 1. The third kappa shape index (κ3) is 3.65. The summed E-state index contributed by atoms with van der Waals surface area (Å²) in [6.07, 6.45) is -0.711. The highest BCUT2D eigenvalue weighted by Gasteiger charge is 2.12. The second-order valence-electron chi connectivity index (χ2n) is 5.06. The lowest BCUT2D eigenvalue weighted by molar-refractivity contribution is 0.170. The monoisotopic (exact) mass is 273 g/mol. The maximum atomic E-state index is 13.1. The summed E-state index contributed by atoms with van der Waals surface area (Å²) in [7, 11) is 0. The highest BCUT2D eigenvalue weighted by molar-refractivity contribution is 5.28. The number of hydrogen-bond acceptors (Lipinski definition) is 2. The fourth-order valence-corrected chi connectivity index (χ4v) is 2.30. The van der Waals surface area contributed by atoms with E-state index in [0.717, 1.165) is 0 Å². The molecule has 0 fully saturated rings. The summed E-state index contributed by atoms with van der Waals surface area (Å²) in [5.74, 6) is -0.325. The molecule has 0 saturated carbocycles. The number of aliphatic hydroxyl groups is 1. The van der Waals surface area contributed by atoms with E-state index in [0.29, 0.717) is 12.1 Å². The third-order valence-electron chi connectivity index (χ3n) is 3.51. The minimum Gasteiger partial charge on any atom is -0.387 e. The van der Waals surface area contributed by atoms with Gasteiger partial charge in [-0.1, -0.05) is 36.4 Å². The number of aliphatic hydroxyl groups excluding tert-OH is 1. The number of aryl methyl sites for hydroxylation is 1. The number of nitrogens with one attached hydrogen (secondary N) is 1. The maximum Gasteiger partial charge on any atom is 0.123 e. The van der Waals surface area contributed by atoms with Crippen molar-refractivity contribution in [1.82, 2.24) is 5.32 Å². The lowest BCUT2D eigenvalue weighted by Gasteiger charge is -2.19. The zero-order chi connectivity index (χ0) is 14.5.